The molecule has 8 heteroatoms. The molecule has 1 aliphatic heterocycles. The molecular weight excluding hydrogens is 500 g/mol. The van der Waals surface area contributed by atoms with E-state index in [-0.39, 0.29) is 11.5 Å². The van der Waals surface area contributed by atoms with Crippen molar-refractivity contribution in [2.45, 2.75) is 71.3 Å². The number of nitrogens with zero attached hydrogens (tertiary/aromatic N) is 3. The minimum Gasteiger partial charge on any atom is -0.494 e. The van der Waals surface area contributed by atoms with Crippen molar-refractivity contribution in [1.29, 1.82) is 0 Å². The van der Waals surface area contributed by atoms with Crippen molar-refractivity contribution in [3.05, 3.63) is 74.4 Å². The van der Waals surface area contributed by atoms with Gasteiger partial charge in [-0.15, -0.1) is 0 Å². The highest BCUT2D eigenvalue weighted by atomic mass is 35.5. The number of imidazole rings is 1. The average molecular weight is 537 g/mol. The third-order valence-electron chi connectivity index (χ3n) is 6.89. The van der Waals surface area contributed by atoms with E-state index in [1.165, 1.54) is 12.8 Å². The predicted molar refractivity (Wildman–Crippen MR) is 153 cm³/mol. The zero-order valence-electron chi connectivity index (χ0n) is 22.2. The van der Waals surface area contributed by atoms with E-state index >= 15 is 0 Å². The highest BCUT2D eigenvalue weighted by Crippen LogP contribution is 2.34. The van der Waals surface area contributed by atoms with Crippen LogP contribution in [0.4, 0.5) is 11.4 Å². The van der Waals surface area contributed by atoms with Gasteiger partial charge in [0.05, 0.1) is 23.9 Å². The van der Waals surface area contributed by atoms with Crippen molar-refractivity contribution in [2.75, 3.05) is 18.1 Å². The molecule has 2 aromatic carbocycles. The zero-order chi connectivity index (χ0) is 26.9. The molecule has 0 radical (unpaired) electrons. The van der Waals surface area contributed by atoms with E-state index in [9.17, 15) is 9.59 Å². The summed E-state index contributed by atoms with van der Waals surface area (Å²) in [5.41, 5.74) is 2.75. The smallest absolute Gasteiger partial charge is 0.274 e. The standard InChI is InChI=1S/C30H37ClN4O3/c1-3-4-5-12-17-34(24-14-9-8-10-15-24)27(36)16-11-6-7-13-18-38-25-19-23-21-35-22(2)29(37)33-30(35)32-28(23)26(31)20-25/h8-10,14-15,19-20H,2-7,11-13,16-18,21H2,1H3,(H,32,33,37). The number of anilines is 1. The number of rotatable bonds is 14. The number of amides is 1. The summed E-state index contributed by atoms with van der Waals surface area (Å²) in [6, 6.07) is 13.7. The molecule has 1 amide bonds. The van der Waals surface area contributed by atoms with Crippen LogP contribution in [-0.4, -0.2) is 28.6 Å². The summed E-state index contributed by atoms with van der Waals surface area (Å²) in [6.07, 6.45) is 8.88. The minimum atomic E-state index is -0.245. The van der Waals surface area contributed by atoms with Crippen molar-refractivity contribution in [2.24, 2.45) is 4.99 Å². The van der Waals surface area contributed by atoms with Gasteiger partial charge in [0.15, 0.2) is 0 Å². The monoisotopic (exact) mass is 536 g/mol. The Labute approximate surface area is 228 Å². The van der Waals surface area contributed by atoms with Crippen molar-refractivity contribution >= 4 is 35.5 Å². The lowest BCUT2D eigenvalue weighted by atomic mass is 10.1. The van der Waals surface area contributed by atoms with Crippen LogP contribution in [0.3, 0.4) is 0 Å². The first-order valence-electron chi connectivity index (χ1n) is 13.6. The van der Waals surface area contributed by atoms with Crippen LogP contribution in [0.5, 0.6) is 5.75 Å². The number of hydrogen-bond donors (Lipinski definition) is 1. The van der Waals surface area contributed by atoms with Crippen LogP contribution >= 0.6 is 11.6 Å². The fourth-order valence-corrected chi connectivity index (χ4v) is 5.01. The maximum Gasteiger partial charge on any atom is 0.274 e. The molecule has 38 heavy (non-hydrogen) atoms. The molecule has 1 aliphatic rings. The van der Waals surface area contributed by atoms with Crippen LogP contribution in [0.1, 0.15) is 70.3 Å². The van der Waals surface area contributed by atoms with Crippen LogP contribution in [0.25, 0.3) is 6.58 Å². The Balaban J connectivity index is 1.20. The second kappa shape index (κ2) is 13.5. The van der Waals surface area contributed by atoms with E-state index in [1.54, 1.807) is 10.6 Å². The van der Waals surface area contributed by atoms with Crippen LogP contribution in [0.2, 0.25) is 5.02 Å². The molecule has 0 atom stereocenters. The Morgan fingerprint density at radius 3 is 2.66 bits per heavy atom. The zero-order valence-corrected chi connectivity index (χ0v) is 22.9. The van der Waals surface area contributed by atoms with Crippen LogP contribution < -0.4 is 26.2 Å². The predicted octanol–water partition coefficient (Wildman–Crippen LogP) is 5.50. The first-order valence-corrected chi connectivity index (χ1v) is 14.0. The summed E-state index contributed by atoms with van der Waals surface area (Å²) in [7, 11) is 0. The topological polar surface area (TPSA) is 79.7 Å². The first-order chi connectivity index (χ1) is 18.5. The van der Waals surface area contributed by atoms with E-state index in [0.717, 1.165) is 56.3 Å². The Morgan fingerprint density at radius 1 is 1.11 bits per heavy atom. The van der Waals surface area contributed by atoms with Gasteiger partial charge in [0, 0.05) is 30.3 Å². The number of H-pyrrole nitrogens is 1. The number of aromatic nitrogens is 2. The van der Waals surface area contributed by atoms with Gasteiger partial charge in [-0.3, -0.25) is 14.6 Å². The lowest BCUT2D eigenvalue weighted by Gasteiger charge is -2.23. The molecule has 4 rings (SSSR count). The van der Waals surface area contributed by atoms with Gasteiger partial charge in [0.1, 0.15) is 11.1 Å². The summed E-state index contributed by atoms with van der Waals surface area (Å²) >= 11 is 6.46. The normalized spacial score (nSPS) is 11.9. The number of benzene rings is 2. The number of para-hydroxylation sites is 1. The Bertz CT molecular complexity index is 1400. The number of ether oxygens (including phenoxy) is 1. The van der Waals surface area contributed by atoms with Crippen LogP contribution in [-0.2, 0) is 11.3 Å². The largest absolute Gasteiger partial charge is 0.494 e. The fraction of sp³-hybridized carbons (Fsp3) is 0.433. The van der Waals surface area contributed by atoms with Crippen LogP contribution in [0.15, 0.2) is 52.3 Å². The summed E-state index contributed by atoms with van der Waals surface area (Å²) in [5, 5.41) is 0.867. The molecule has 0 saturated heterocycles. The second-order valence-electron chi connectivity index (χ2n) is 9.79. The first kappa shape index (κ1) is 27.7. The lowest BCUT2D eigenvalue weighted by molar-refractivity contribution is -0.118. The summed E-state index contributed by atoms with van der Waals surface area (Å²) in [6.45, 7) is 7.84. The number of halogens is 1. The third-order valence-corrected chi connectivity index (χ3v) is 7.18. The summed E-state index contributed by atoms with van der Waals surface area (Å²) in [5.74, 6) is 0.893. The van der Waals surface area contributed by atoms with Crippen molar-refractivity contribution in [1.82, 2.24) is 9.55 Å². The molecule has 0 aliphatic carbocycles. The minimum absolute atomic E-state index is 0.205. The van der Waals surface area contributed by atoms with E-state index in [4.69, 9.17) is 16.3 Å². The van der Waals surface area contributed by atoms with Crippen molar-refractivity contribution in [3.63, 3.8) is 0 Å². The molecule has 1 aromatic heterocycles. The lowest BCUT2D eigenvalue weighted by Crippen LogP contribution is -2.32. The van der Waals surface area contributed by atoms with Crippen molar-refractivity contribution < 1.29 is 9.53 Å². The average Bonchev–Trinajstić information content (AvgIpc) is 3.19. The molecule has 0 fully saturated rings. The molecule has 3 aromatic rings. The Hall–Kier alpha value is -3.32. The molecule has 202 valence electrons. The Kier molecular flexibility index (Phi) is 9.82. The summed E-state index contributed by atoms with van der Waals surface area (Å²) in [4.78, 5) is 34.0. The van der Waals surface area contributed by atoms with Gasteiger partial charge in [0.2, 0.25) is 11.5 Å². The second-order valence-corrected chi connectivity index (χ2v) is 10.2. The molecule has 1 N–H and O–H groups in total. The molecule has 0 bridgehead atoms. The molecular formula is C30H37ClN4O3. The number of unbranched alkanes of at least 4 members (excludes halogenated alkanes) is 6. The number of nitrogens with one attached hydrogen (secondary N) is 1. The van der Waals surface area contributed by atoms with E-state index in [0.29, 0.717) is 47.0 Å². The maximum absolute atomic E-state index is 13.0. The van der Waals surface area contributed by atoms with E-state index < -0.39 is 0 Å². The van der Waals surface area contributed by atoms with Gasteiger partial charge >= 0.3 is 0 Å². The molecule has 2 heterocycles. The maximum atomic E-state index is 13.0. The summed E-state index contributed by atoms with van der Waals surface area (Å²) < 4.78 is 7.71. The molecule has 7 nitrogen and oxygen atoms in total. The van der Waals surface area contributed by atoms with Crippen LogP contribution in [0, 0.1) is 0 Å². The molecule has 0 spiro atoms. The van der Waals surface area contributed by atoms with Gasteiger partial charge in [0.25, 0.3) is 5.56 Å². The van der Waals surface area contributed by atoms with Crippen molar-refractivity contribution in [3.8, 4) is 5.75 Å². The third kappa shape index (κ3) is 6.95. The molecule has 0 saturated carbocycles. The van der Waals surface area contributed by atoms with Gasteiger partial charge in [-0.25, -0.2) is 4.99 Å². The number of fused-ring (bicyclic) bond motifs is 2. The molecule has 0 unspecified atom stereocenters. The number of carbonyl (C=O) groups excluding carboxylic acids is 1. The highest BCUT2D eigenvalue weighted by Gasteiger charge is 2.18. The fourth-order valence-electron chi connectivity index (χ4n) is 4.74. The number of aromatic amines is 1. The quantitative estimate of drug-likeness (QED) is 0.216. The van der Waals surface area contributed by atoms with Gasteiger partial charge in [-0.2, -0.15) is 0 Å². The van der Waals surface area contributed by atoms with Gasteiger partial charge in [-0.1, -0.05) is 75.4 Å². The Morgan fingerprint density at radius 2 is 1.87 bits per heavy atom. The number of hydrogen-bond acceptors (Lipinski definition) is 4. The van der Waals surface area contributed by atoms with Gasteiger partial charge < -0.3 is 14.2 Å². The highest BCUT2D eigenvalue weighted by molar-refractivity contribution is 6.33. The van der Waals surface area contributed by atoms with E-state index in [1.807, 2.05) is 41.3 Å². The van der Waals surface area contributed by atoms with Gasteiger partial charge in [-0.05, 0) is 37.5 Å². The number of carbonyl (C=O) groups is 1. The van der Waals surface area contributed by atoms with E-state index in [2.05, 4.69) is 23.5 Å². The SMILES string of the molecule is C=c1c(=O)[nH]c2n1Cc1cc(OCCCCCCC(=O)N(CCCCCC)c3ccccc3)cc(Cl)c1N=2.